The average Bonchev–Trinajstić information content (AvgIpc) is 2.67. The average molecular weight is 362 g/mol. The summed E-state index contributed by atoms with van der Waals surface area (Å²) in [7, 11) is 0. The Balaban J connectivity index is 1.71. The van der Waals surface area contributed by atoms with Crippen LogP contribution in [0.15, 0.2) is 66.7 Å². The second kappa shape index (κ2) is 8.36. The molecule has 0 bridgehead atoms. The summed E-state index contributed by atoms with van der Waals surface area (Å²) in [4.78, 5) is 23.7. The van der Waals surface area contributed by atoms with E-state index in [-0.39, 0.29) is 11.8 Å². The molecule has 3 aromatic carbocycles. The van der Waals surface area contributed by atoms with Gasteiger partial charge in [0, 0.05) is 23.7 Å². The molecule has 0 fully saturated rings. The quantitative estimate of drug-likeness (QED) is 0.674. The van der Waals surface area contributed by atoms with Gasteiger partial charge in [0.25, 0.3) is 5.91 Å². The van der Waals surface area contributed by atoms with Gasteiger partial charge >= 0.3 is 0 Å². The van der Waals surface area contributed by atoms with E-state index >= 15 is 0 Å². The normalized spacial score (nSPS) is 11.6. The van der Waals surface area contributed by atoms with Crippen LogP contribution in [0.1, 0.15) is 20.3 Å². The van der Waals surface area contributed by atoms with Crippen molar-refractivity contribution in [1.82, 2.24) is 0 Å². The van der Waals surface area contributed by atoms with Gasteiger partial charge in [0.2, 0.25) is 5.91 Å². The zero-order valence-electron chi connectivity index (χ0n) is 15.4. The van der Waals surface area contributed by atoms with E-state index in [2.05, 4.69) is 10.6 Å². The number of carbonyl (C=O) groups is 2. The number of hydrogen-bond acceptors (Lipinski definition) is 3. The minimum Gasteiger partial charge on any atom is -0.480 e. The lowest BCUT2D eigenvalue weighted by molar-refractivity contribution is -0.122. The first-order valence-electron chi connectivity index (χ1n) is 8.89. The molecule has 1 unspecified atom stereocenters. The standard InChI is InChI=1S/C22H22N2O3/c1-3-20(27-21-10-6-8-16-7-4-5-9-19(16)21)22(26)24-18-13-11-17(12-14-18)23-15(2)25/h4-14,20H,3H2,1-2H3,(H,23,25)(H,24,26). The van der Waals surface area contributed by atoms with Gasteiger partial charge < -0.3 is 15.4 Å². The van der Waals surface area contributed by atoms with E-state index in [1.807, 2.05) is 49.4 Å². The molecule has 0 aliphatic carbocycles. The minimum atomic E-state index is -0.606. The molecule has 3 rings (SSSR count). The van der Waals surface area contributed by atoms with Crippen molar-refractivity contribution in [2.45, 2.75) is 26.4 Å². The van der Waals surface area contributed by atoms with Crippen molar-refractivity contribution >= 4 is 34.0 Å². The van der Waals surface area contributed by atoms with Gasteiger partial charge in [-0.3, -0.25) is 9.59 Å². The number of fused-ring (bicyclic) bond motifs is 1. The van der Waals surface area contributed by atoms with E-state index in [4.69, 9.17) is 4.74 Å². The van der Waals surface area contributed by atoms with E-state index < -0.39 is 6.10 Å². The van der Waals surface area contributed by atoms with Crippen molar-refractivity contribution in [2.24, 2.45) is 0 Å². The number of amides is 2. The highest BCUT2D eigenvalue weighted by atomic mass is 16.5. The molecule has 0 saturated carbocycles. The summed E-state index contributed by atoms with van der Waals surface area (Å²) in [6.07, 6.45) is -0.0650. The molecule has 2 N–H and O–H groups in total. The van der Waals surface area contributed by atoms with Crippen LogP contribution in [0.4, 0.5) is 11.4 Å². The monoisotopic (exact) mass is 362 g/mol. The van der Waals surface area contributed by atoms with Gasteiger partial charge in [0.15, 0.2) is 6.10 Å². The largest absolute Gasteiger partial charge is 0.480 e. The minimum absolute atomic E-state index is 0.138. The van der Waals surface area contributed by atoms with Gasteiger partial charge in [0.1, 0.15) is 5.75 Å². The predicted molar refractivity (Wildman–Crippen MR) is 108 cm³/mol. The molecule has 0 aliphatic rings. The van der Waals surface area contributed by atoms with Gasteiger partial charge in [-0.2, -0.15) is 0 Å². The maximum atomic E-state index is 12.6. The Morgan fingerprint density at radius 3 is 2.19 bits per heavy atom. The first-order valence-corrected chi connectivity index (χ1v) is 8.89. The fourth-order valence-electron chi connectivity index (χ4n) is 2.84. The van der Waals surface area contributed by atoms with E-state index in [1.165, 1.54) is 6.92 Å². The van der Waals surface area contributed by atoms with Crippen molar-refractivity contribution in [3.63, 3.8) is 0 Å². The van der Waals surface area contributed by atoms with Crippen molar-refractivity contribution in [3.8, 4) is 5.75 Å². The summed E-state index contributed by atoms with van der Waals surface area (Å²) in [5.74, 6) is 0.343. The van der Waals surface area contributed by atoms with Crippen LogP contribution in [0.5, 0.6) is 5.75 Å². The molecule has 1 atom stereocenters. The third-order valence-electron chi connectivity index (χ3n) is 4.15. The van der Waals surface area contributed by atoms with Gasteiger partial charge in [0.05, 0.1) is 0 Å². The second-order valence-electron chi connectivity index (χ2n) is 6.24. The molecule has 0 saturated heterocycles. The number of carbonyl (C=O) groups excluding carboxylic acids is 2. The van der Waals surface area contributed by atoms with Gasteiger partial charge in [-0.25, -0.2) is 0 Å². The first kappa shape index (κ1) is 18.5. The molecular formula is C22H22N2O3. The zero-order chi connectivity index (χ0) is 19.2. The van der Waals surface area contributed by atoms with Gasteiger partial charge in [-0.15, -0.1) is 0 Å². The first-order chi connectivity index (χ1) is 13.1. The van der Waals surface area contributed by atoms with Crippen molar-refractivity contribution in [1.29, 1.82) is 0 Å². The number of nitrogens with one attached hydrogen (secondary N) is 2. The molecule has 0 radical (unpaired) electrons. The maximum Gasteiger partial charge on any atom is 0.265 e. The van der Waals surface area contributed by atoms with Gasteiger partial charge in [-0.05, 0) is 42.1 Å². The van der Waals surface area contributed by atoms with Crippen molar-refractivity contribution in [3.05, 3.63) is 66.7 Å². The highest BCUT2D eigenvalue weighted by Gasteiger charge is 2.19. The van der Waals surface area contributed by atoms with E-state index in [1.54, 1.807) is 24.3 Å². The molecule has 0 aromatic heterocycles. The molecule has 0 aliphatic heterocycles. The van der Waals surface area contributed by atoms with E-state index in [9.17, 15) is 9.59 Å². The summed E-state index contributed by atoms with van der Waals surface area (Å²) in [6, 6.07) is 20.7. The number of benzene rings is 3. The Bertz CT molecular complexity index is 946. The predicted octanol–water partition coefficient (Wildman–Crippen LogP) is 4.59. The summed E-state index contributed by atoms with van der Waals surface area (Å²) in [5, 5.41) is 7.60. The lowest BCUT2D eigenvalue weighted by Gasteiger charge is -2.18. The van der Waals surface area contributed by atoms with E-state index in [0.29, 0.717) is 23.5 Å². The van der Waals surface area contributed by atoms with Crippen molar-refractivity contribution in [2.75, 3.05) is 10.6 Å². The Morgan fingerprint density at radius 1 is 0.889 bits per heavy atom. The molecule has 27 heavy (non-hydrogen) atoms. The second-order valence-corrected chi connectivity index (χ2v) is 6.24. The van der Waals surface area contributed by atoms with Crippen LogP contribution in [0.3, 0.4) is 0 Å². The maximum absolute atomic E-state index is 12.6. The fourth-order valence-corrected chi connectivity index (χ4v) is 2.84. The van der Waals surface area contributed by atoms with E-state index in [0.717, 1.165) is 10.8 Å². The van der Waals surface area contributed by atoms with Crippen LogP contribution < -0.4 is 15.4 Å². The lowest BCUT2D eigenvalue weighted by Crippen LogP contribution is -2.32. The van der Waals surface area contributed by atoms with Crippen LogP contribution in [0.2, 0.25) is 0 Å². The number of hydrogen-bond donors (Lipinski definition) is 2. The van der Waals surface area contributed by atoms with Crippen LogP contribution in [0.25, 0.3) is 10.8 Å². The summed E-state index contributed by atoms with van der Waals surface area (Å²) >= 11 is 0. The van der Waals surface area contributed by atoms with Crippen LogP contribution in [-0.4, -0.2) is 17.9 Å². The Hall–Kier alpha value is -3.34. The molecule has 5 nitrogen and oxygen atoms in total. The Kier molecular flexibility index (Phi) is 5.71. The summed E-state index contributed by atoms with van der Waals surface area (Å²) < 4.78 is 6.02. The molecule has 0 spiro atoms. The Morgan fingerprint density at radius 2 is 1.52 bits per heavy atom. The third-order valence-corrected chi connectivity index (χ3v) is 4.15. The summed E-state index contributed by atoms with van der Waals surface area (Å²) in [6.45, 7) is 3.36. The summed E-state index contributed by atoms with van der Waals surface area (Å²) in [5.41, 5.74) is 1.33. The molecule has 3 aromatic rings. The highest BCUT2D eigenvalue weighted by Crippen LogP contribution is 2.27. The molecule has 0 heterocycles. The van der Waals surface area contributed by atoms with Crippen LogP contribution in [0, 0.1) is 0 Å². The number of rotatable bonds is 6. The van der Waals surface area contributed by atoms with Gasteiger partial charge in [-0.1, -0.05) is 43.3 Å². The molecule has 138 valence electrons. The zero-order valence-corrected chi connectivity index (χ0v) is 15.4. The lowest BCUT2D eigenvalue weighted by atomic mass is 10.1. The third kappa shape index (κ3) is 4.64. The fraction of sp³-hybridized carbons (Fsp3) is 0.182. The SMILES string of the molecule is CCC(Oc1cccc2ccccc12)C(=O)Nc1ccc(NC(C)=O)cc1. The van der Waals surface area contributed by atoms with Crippen LogP contribution >= 0.6 is 0 Å². The number of anilines is 2. The smallest absolute Gasteiger partial charge is 0.265 e. The highest BCUT2D eigenvalue weighted by molar-refractivity contribution is 5.95. The van der Waals surface area contributed by atoms with Crippen LogP contribution in [-0.2, 0) is 9.59 Å². The molecule has 2 amide bonds. The molecule has 5 heteroatoms. The topological polar surface area (TPSA) is 67.4 Å². The molecular weight excluding hydrogens is 340 g/mol. The number of ether oxygens (including phenoxy) is 1. The Labute approximate surface area is 158 Å². The van der Waals surface area contributed by atoms with Crippen molar-refractivity contribution < 1.29 is 14.3 Å².